The average molecular weight is 632 g/mol. The molecule has 2 aromatic heterocycles. The van der Waals surface area contributed by atoms with Crippen molar-refractivity contribution >= 4 is 11.0 Å². The molecular formula is C40H43F2N5. The van der Waals surface area contributed by atoms with Crippen LogP contribution < -0.4 is 5.32 Å². The number of H-pyrrole nitrogens is 2. The molecule has 5 nitrogen and oxygen atoms in total. The first-order valence-electron chi connectivity index (χ1n) is 17.7. The van der Waals surface area contributed by atoms with Crippen LogP contribution in [0.1, 0.15) is 107 Å². The van der Waals surface area contributed by atoms with Gasteiger partial charge in [-0.15, -0.1) is 0 Å². The van der Waals surface area contributed by atoms with Crippen molar-refractivity contribution in [1.29, 1.82) is 0 Å². The van der Waals surface area contributed by atoms with E-state index in [0.717, 1.165) is 57.9 Å². The van der Waals surface area contributed by atoms with Gasteiger partial charge in [0.25, 0.3) is 5.92 Å². The summed E-state index contributed by atoms with van der Waals surface area (Å²) in [6, 6.07) is 17.9. The van der Waals surface area contributed by atoms with Crippen LogP contribution in [0.15, 0.2) is 60.8 Å². The van der Waals surface area contributed by atoms with Crippen LogP contribution in [0.2, 0.25) is 0 Å². The molecule has 3 fully saturated rings. The van der Waals surface area contributed by atoms with Crippen LogP contribution in [-0.4, -0.2) is 26.0 Å². The molecule has 0 radical (unpaired) electrons. The Morgan fingerprint density at radius 3 is 2.30 bits per heavy atom. The van der Waals surface area contributed by atoms with E-state index in [1.165, 1.54) is 38.5 Å². The Kier molecular flexibility index (Phi) is 6.60. The monoisotopic (exact) mass is 631 g/mol. The largest absolute Gasteiger partial charge is 0.342 e. The highest BCUT2D eigenvalue weighted by Gasteiger charge is 2.46. The zero-order valence-electron chi connectivity index (χ0n) is 27.5. The standard InChI is InChI=1S/C40H43F2N5/c1-4-22(3)30(20-39(5-2)14-15-39)37-43-21-35(47-37)25-8-12-29-28-11-7-23(17-31(28)40(41,42)32(29)18-25)24-9-13-33-34(19-24)46-38(45-33)36-26-6-10-27(16-26)44-36/h7-9,11-13,17-19,21-22,26-27,30,36,44H,4-6,10,14-16,20H2,1-3H3,(H,43,47)(H,45,46). The number of fused-ring (bicyclic) bond motifs is 6. The number of alkyl halides is 2. The molecule has 0 spiro atoms. The van der Waals surface area contributed by atoms with Gasteiger partial charge in [0.2, 0.25) is 0 Å². The molecule has 4 aliphatic rings. The second kappa shape index (κ2) is 10.6. The zero-order chi connectivity index (χ0) is 32.1. The number of hydrogen-bond acceptors (Lipinski definition) is 3. The Morgan fingerprint density at radius 1 is 0.894 bits per heavy atom. The number of nitrogens with zero attached hydrogens (tertiary/aromatic N) is 2. The lowest BCUT2D eigenvalue weighted by atomic mass is 9.81. The molecule has 9 rings (SSSR count). The fourth-order valence-corrected chi connectivity index (χ4v) is 8.96. The van der Waals surface area contributed by atoms with Crippen molar-refractivity contribution in [3.8, 4) is 33.5 Å². The van der Waals surface area contributed by atoms with E-state index in [1.807, 2.05) is 48.7 Å². The van der Waals surface area contributed by atoms with Crippen molar-refractivity contribution in [1.82, 2.24) is 25.3 Å². The normalized spacial score (nSPS) is 24.4. The molecule has 3 aliphatic carbocycles. The predicted octanol–water partition coefficient (Wildman–Crippen LogP) is 10.3. The number of halogens is 2. The van der Waals surface area contributed by atoms with Gasteiger partial charge < -0.3 is 15.3 Å². The van der Waals surface area contributed by atoms with Crippen LogP contribution in [0.4, 0.5) is 8.78 Å². The predicted molar refractivity (Wildman–Crippen MR) is 183 cm³/mol. The van der Waals surface area contributed by atoms with Crippen LogP contribution in [0.5, 0.6) is 0 Å². The Bertz CT molecular complexity index is 2000. The van der Waals surface area contributed by atoms with E-state index in [4.69, 9.17) is 9.97 Å². The Labute approximate surface area is 275 Å². The van der Waals surface area contributed by atoms with E-state index in [2.05, 4.69) is 36.1 Å². The molecule has 1 saturated heterocycles. The summed E-state index contributed by atoms with van der Waals surface area (Å²) in [5.41, 5.74) is 6.87. The van der Waals surface area contributed by atoms with Crippen molar-refractivity contribution in [2.45, 2.75) is 96.1 Å². The van der Waals surface area contributed by atoms with Crippen molar-refractivity contribution < 1.29 is 8.78 Å². The SMILES string of the molecule is CCC(C)C(CC1(CC)CC1)c1ncc(-c2ccc3c(c2)C(F)(F)c2cc(-c4ccc5nc(C6NC7CCC6C7)[nH]c5c4)ccc2-3)[nH]1. The first-order valence-corrected chi connectivity index (χ1v) is 17.7. The van der Waals surface area contributed by atoms with Gasteiger partial charge in [0.05, 0.1) is 29.0 Å². The fraction of sp³-hybridized carbons (Fsp3) is 0.450. The van der Waals surface area contributed by atoms with Gasteiger partial charge in [0.1, 0.15) is 11.6 Å². The highest BCUT2D eigenvalue weighted by molar-refractivity contribution is 5.86. The van der Waals surface area contributed by atoms with Crippen LogP contribution in [0, 0.1) is 17.3 Å². The third kappa shape index (κ3) is 4.71. The van der Waals surface area contributed by atoms with E-state index < -0.39 is 5.92 Å². The van der Waals surface area contributed by atoms with E-state index in [0.29, 0.717) is 40.3 Å². The highest BCUT2D eigenvalue weighted by Crippen LogP contribution is 2.56. The van der Waals surface area contributed by atoms with E-state index in [1.54, 1.807) is 12.1 Å². The third-order valence-corrected chi connectivity index (χ3v) is 12.4. The van der Waals surface area contributed by atoms with E-state index in [9.17, 15) is 0 Å². The fourth-order valence-electron chi connectivity index (χ4n) is 8.96. The molecule has 7 heteroatoms. The maximum absolute atomic E-state index is 16.3. The molecule has 3 N–H and O–H groups in total. The Morgan fingerprint density at radius 2 is 1.62 bits per heavy atom. The maximum atomic E-state index is 16.3. The minimum absolute atomic E-state index is 0.0618. The van der Waals surface area contributed by atoms with Gasteiger partial charge in [0, 0.05) is 28.7 Å². The number of aromatic amines is 2. The van der Waals surface area contributed by atoms with Gasteiger partial charge in [0.15, 0.2) is 0 Å². The van der Waals surface area contributed by atoms with Crippen LogP contribution in [-0.2, 0) is 5.92 Å². The summed E-state index contributed by atoms with van der Waals surface area (Å²) in [6.07, 6.45) is 11.6. The molecule has 2 saturated carbocycles. The first kappa shape index (κ1) is 29.3. The molecule has 2 bridgehead atoms. The lowest BCUT2D eigenvalue weighted by Gasteiger charge is -2.25. The molecule has 5 atom stereocenters. The van der Waals surface area contributed by atoms with Crippen LogP contribution in [0.25, 0.3) is 44.5 Å². The molecular weight excluding hydrogens is 588 g/mol. The van der Waals surface area contributed by atoms with Gasteiger partial charge >= 0.3 is 0 Å². The van der Waals surface area contributed by atoms with Crippen LogP contribution in [0.3, 0.4) is 0 Å². The lowest BCUT2D eigenvalue weighted by Crippen LogP contribution is -2.29. The minimum atomic E-state index is -3.10. The van der Waals surface area contributed by atoms with Gasteiger partial charge in [-0.3, -0.25) is 0 Å². The second-order valence-electron chi connectivity index (χ2n) is 15.1. The van der Waals surface area contributed by atoms with Gasteiger partial charge in [-0.2, -0.15) is 8.78 Å². The molecule has 5 aromatic rings. The molecule has 1 aliphatic heterocycles. The number of piperidine rings is 1. The van der Waals surface area contributed by atoms with Crippen molar-refractivity contribution in [2.24, 2.45) is 17.3 Å². The van der Waals surface area contributed by atoms with E-state index in [-0.39, 0.29) is 17.2 Å². The zero-order valence-corrected chi connectivity index (χ0v) is 27.5. The molecule has 3 aromatic carbocycles. The maximum Gasteiger partial charge on any atom is 0.299 e. The number of imidazole rings is 2. The molecule has 242 valence electrons. The topological polar surface area (TPSA) is 69.4 Å². The molecule has 3 heterocycles. The number of nitrogens with one attached hydrogen (secondary N) is 3. The van der Waals surface area contributed by atoms with Gasteiger partial charge in [-0.1, -0.05) is 63.9 Å². The number of aromatic nitrogens is 4. The summed E-state index contributed by atoms with van der Waals surface area (Å²) >= 11 is 0. The molecule has 47 heavy (non-hydrogen) atoms. The number of benzene rings is 3. The quantitative estimate of drug-likeness (QED) is 0.152. The highest BCUT2D eigenvalue weighted by atomic mass is 19.3. The Balaban J connectivity index is 1.00. The van der Waals surface area contributed by atoms with Gasteiger partial charge in [-0.05, 0) is 102 Å². The number of hydrogen-bond donors (Lipinski definition) is 3. The summed E-state index contributed by atoms with van der Waals surface area (Å²) in [4.78, 5) is 16.8. The molecule has 0 amide bonds. The third-order valence-electron chi connectivity index (χ3n) is 12.4. The summed E-state index contributed by atoms with van der Waals surface area (Å²) in [6.45, 7) is 6.84. The summed E-state index contributed by atoms with van der Waals surface area (Å²) in [7, 11) is 0. The number of rotatable bonds is 9. The average Bonchev–Trinajstić information content (AvgIpc) is 3.64. The first-order chi connectivity index (χ1) is 22.7. The van der Waals surface area contributed by atoms with Gasteiger partial charge in [-0.25, -0.2) is 9.97 Å². The summed E-state index contributed by atoms with van der Waals surface area (Å²) in [5, 5.41) is 3.72. The summed E-state index contributed by atoms with van der Waals surface area (Å²) in [5.74, 6) is 0.361. The van der Waals surface area contributed by atoms with Crippen molar-refractivity contribution in [3.63, 3.8) is 0 Å². The van der Waals surface area contributed by atoms with E-state index >= 15 is 8.78 Å². The Hall–Kier alpha value is -3.84. The van der Waals surface area contributed by atoms with Crippen molar-refractivity contribution in [3.05, 3.63) is 83.6 Å². The lowest BCUT2D eigenvalue weighted by molar-refractivity contribution is 0.0481. The van der Waals surface area contributed by atoms with Crippen LogP contribution >= 0.6 is 0 Å². The smallest absolute Gasteiger partial charge is 0.299 e. The molecule has 5 unspecified atom stereocenters. The minimum Gasteiger partial charge on any atom is -0.342 e. The van der Waals surface area contributed by atoms with Crippen molar-refractivity contribution in [2.75, 3.05) is 0 Å². The summed E-state index contributed by atoms with van der Waals surface area (Å²) < 4.78 is 32.6. The second-order valence-corrected chi connectivity index (χ2v) is 15.1.